The molecule has 0 saturated heterocycles. The van der Waals surface area contributed by atoms with E-state index in [4.69, 9.17) is 9.47 Å². The summed E-state index contributed by atoms with van der Waals surface area (Å²) >= 11 is 0. The van der Waals surface area contributed by atoms with Gasteiger partial charge >= 0.3 is 5.97 Å². The topological polar surface area (TPSA) is 35.5 Å². The van der Waals surface area contributed by atoms with Crippen LogP contribution in [-0.4, -0.2) is 11.8 Å². The lowest BCUT2D eigenvalue weighted by atomic mass is 10.2. The van der Waals surface area contributed by atoms with Crippen molar-refractivity contribution in [1.82, 2.24) is 0 Å². The van der Waals surface area contributed by atoms with E-state index in [0.29, 0.717) is 11.3 Å². The van der Waals surface area contributed by atoms with Gasteiger partial charge in [0, 0.05) is 13.8 Å². The highest BCUT2D eigenvalue weighted by Crippen LogP contribution is 2.25. The van der Waals surface area contributed by atoms with Crippen LogP contribution < -0.4 is 0 Å². The zero-order valence-electron chi connectivity index (χ0n) is 7.22. The molecule has 11 heavy (non-hydrogen) atoms. The average Bonchev–Trinajstić information content (AvgIpc) is 1.81. The summed E-state index contributed by atoms with van der Waals surface area (Å²) in [6.07, 6.45) is 0. The van der Waals surface area contributed by atoms with Crippen LogP contribution in [0.15, 0.2) is 11.3 Å². The number of allylic oxidation sites excluding steroid dienone is 1. The summed E-state index contributed by atoms with van der Waals surface area (Å²) in [5.74, 6) is -0.453. The minimum Gasteiger partial charge on any atom is -0.457 e. The minimum absolute atomic E-state index is 0.293. The van der Waals surface area contributed by atoms with Gasteiger partial charge in [-0.1, -0.05) is 0 Å². The lowest BCUT2D eigenvalue weighted by Gasteiger charge is -2.31. The van der Waals surface area contributed by atoms with Gasteiger partial charge in [-0.25, -0.2) is 4.79 Å². The van der Waals surface area contributed by atoms with Crippen molar-refractivity contribution in [2.75, 3.05) is 0 Å². The van der Waals surface area contributed by atoms with Crippen molar-refractivity contribution < 1.29 is 14.3 Å². The Kier molecular flexibility index (Phi) is 1.66. The Labute approximate surface area is 66.0 Å². The highest BCUT2D eigenvalue weighted by molar-refractivity contribution is 5.89. The summed E-state index contributed by atoms with van der Waals surface area (Å²) in [4.78, 5) is 11.1. The Bertz CT molecular complexity index is 225. The van der Waals surface area contributed by atoms with E-state index in [0.717, 1.165) is 0 Å². The molecule has 1 aliphatic rings. The van der Waals surface area contributed by atoms with E-state index in [1.165, 1.54) is 0 Å². The molecule has 0 aliphatic carbocycles. The van der Waals surface area contributed by atoms with Crippen molar-refractivity contribution >= 4 is 5.97 Å². The summed E-state index contributed by atoms with van der Waals surface area (Å²) in [7, 11) is 0. The van der Waals surface area contributed by atoms with Crippen molar-refractivity contribution in [3.63, 3.8) is 0 Å². The fraction of sp³-hybridized carbons (Fsp3) is 0.625. The molecule has 1 heterocycles. The molecule has 0 N–H and O–H groups in total. The van der Waals surface area contributed by atoms with Gasteiger partial charge in [0.1, 0.15) is 5.76 Å². The molecule has 0 aromatic rings. The van der Waals surface area contributed by atoms with Gasteiger partial charge in [-0.2, -0.15) is 0 Å². The molecule has 0 saturated carbocycles. The Morgan fingerprint density at radius 3 is 2.18 bits per heavy atom. The average molecular weight is 156 g/mol. The molecule has 62 valence electrons. The van der Waals surface area contributed by atoms with E-state index in [1.54, 1.807) is 27.7 Å². The second-order valence-corrected chi connectivity index (χ2v) is 3.07. The Morgan fingerprint density at radius 1 is 1.18 bits per heavy atom. The molecule has 0 radical (unpaired) electrons. The number of rotatable bonds is 0. The fourth-order valence-electron chi connectivity index (χ4n) is 0.910. The number of ether oxygens (including phenoxy) is 2. The van der Waals surface area contributed by atoms with E-state index < -0.39 is 5.79 Å². The summed E-state index contributed by atoms with van der Waals surface area (Å²) < 4.78 is 10.2. The van der Waals surface area contributed by atoms with Gasteiger partial charge in [0.15, 0.2) is 0 Å². The molecule has 1 rings (SSSR count). The van der Waals surface area contributed by atoms with Crippen LogP contribution in [0.1, 0.15) is 27.7 Å². The lowest BCUT2D eigenvalue weighted by Crippen LogP contribution is -2.35. The second-order valence-electron chi connectivity index (χ2n) is 3.07. The molecule has 0 aromatic heterocycles. The molecule has 0 aromatic carbocycles. The maximum Gasteiger partial charge on any atom is 0.340 e. The van der Waals surface area contributed by atoms with E-state index in [-0.39, 0.29) is 5.97 Å². The number of hydrogen-bond donors (Lipinski definition) is 0. The lowest BCUT2D eigenvalue weighted by molar-refractivity contribution is -0.207. The first kappa shape index (κ1) is 8.11. The molecule has 0 fully saturated rings. The zero-order chi connectivity index (χ0) is 8.65. The molecular formula is C8H12O3. The van der Waals surface area contributed by atoms with E-state index in [9.17, 15) is 4.79 Å². The monoisotopic (exact) mass is 156 g/mol. The fourth-order valence-corrected chi connectivity index (χ4v) is 0.910. The highest BCUT2D eigenvalue weighted by Gasteiger charge is 2.31. The van der Waals surface area contributed by atoms with E-state index in [2.05, 4.69) is 0 Å². The SMILES string of the molecule is CC1=C(C)C(=O)OC(C)(C)O1. The number of cyclic esters (lactones) is 1. The first-order valence-corrected chi connectivity index (χ1v) is 3.52. The largest absolute Gasteiger partial charge is 0.457 e. The van der Waals surface area contributed by atoms with Crippen LogP contribution in [0.4, 0.5) is 0 Å². The molecule has 3 nitrogen and oxygen atoms in total. The molecule has 0 atom stereocenters. The molecule has 0 spiro atoms. The number of carbonyl (C=O) groups is 1. The van der Waals surface area contributed by atoms with Gasteiger partial charge in [0.05, 0.1) is 5.57 Å². The van der Waals surface area contributed by atoms with Crippen LogP contribution in [-0.2, 0) is 14.3 Å². The Balaban J connectivity index is 2.94. The van der Waals surface area contributed by atoms with Crippen molar-refractivity contribution in [3.8, 4) is 0 Å². The summed E-state index contributed by atoms with van der Waals surface area (Å²) in [5.41, 5.74) is 0.546. The van der Waals surface area contributed by atoms with Crippen molar-refractivity contribution in [3.05, 3.63) is 11.3 Å². The number of hydrogen-bond acceptors (Lipinski definition) is 3. The summed E-state index contributed by atoms with van der Waals surface area (Å²) in [6.45, 7) is 6.87. The second kappa shape index (κ2) is 2.26. The predicted molar refractivity (Wildman–Crippen MR) is 39.6 cm³/mol. The van der Waals surface area contributed by atoms with Gasteiger partial charge in [-0.05, 0) is 13.8 Å². The quantitative estimate of drug-likeness (QED) is 0.499. The third kappa shape index (κ3) is 1.53. The van der Waals surface area contributed by atoms with Crippen LogP contribution in [0, 0.1) is 0 Å². The van der Waals surface area contributed by atoms with Crippen LogP contribution in [0.2, 0.25) is 0 Å². The van der Waals surface area contributed by atoms with E-state index in [1.807, 2.05) is 0 Å². The molecule has 3 heteroatoms. The van der Waals surface area contributed by atoms with Gasteiger partial charge in [0.2, 0.25) is 5.79 Å². The first-order valence-electron chi connectivity index (χ1n) is 3.52. The molecule has 1 aliphatic heterocycles. The smallest absolute Gasteiger partial charge is 0.340 e. The highest BCUT2D eigenvalue weighted by atomic mass is 16.7. The number of esters is 1. The van der Waals surface area contributed by atoms with Gasteiger partial charge in [-0.3, -0.25) is 0 Å². The molecule has 0 amide bonds. The third-order valence-electron chi connectivity index (χ3n) is 1.57. The van der Waals surface area contributed by atoms with E-state index >= 15 is 0 Å². The molecular weight excluding hydrogens is 144 g/mol. The predicted octanol–water partition coefficient (Wildman–Crippen LogP) is 1.59. The van der Waals surface area contributed by atoms with Gasteiger partial charge in [-0.15, -0.1) is 0 Å². The molecule has 0 bridgehead atoms. The van der Waals surface area contributed by atoms with Gasteiger partial charge < -0.3 is 9.47 Å². The van der Waals surface area contributed by atoms with Crippen LogP contribution in [0.3, 0.4) is 0 Å². The van der Waals surface area contributed by atoms with Crippen molar-refractivity contribution in [1.29, 1.82) is 0 Å². The Morgan fingerprint density at radius 2 is 1.73 bits per heavy atom. The summed E-state index contributed by atoms with van der Waals surface area (Å²) in [5, 5.41) is 0. The zero-order valence-corrected chi connectivity index (χ0v) is 7.22. The number of carbonyl (C=O) groups excluding carboxylic acids is 1. The standard InChI is InChI=1S/C8H12O3/c1-5-6(2)10-8(3,4)11-7(5)9/h1-4H3. The first-order chi connectivity index (χ1) is 4.92. The van der Waals surface area contributed by atoms with Crippen LogP contribution in [0.25, 0.3) is 0 Å². The van der Waals surface area contributed by atoms with Crippen LogP contribution >= 0.6 is 0 Å². The normalized spacial score (nSPS) is 22.7. The summed E-state index contributed by atoms with van der Waals surface area (Å²) in [6, 6.07) is 0. The van der Waals surface area contributed by atoms with Crippen molar-refractivity contribution in [2.45, 2.75) is 33.5 Å². The maximum absolute atomic E-state index is 11.1. The van der Waals surface area contributed by atoms with Crippen molar-refractivity contribution in [2.24, 2.45) is 0 Å². The minimum atomic E-state index is -0.805. The third-order valence-corrected chi connectivity index (χ3v) is 1.57. The Hall–Kier alpha value is -0.990. The maximum atomic E-state index is 11.1. The molecule has 0 unspecified atom stereocenters. The van der Waals surface area contributed by atoms with Gasteiger partial charge in [0.25, 0.3) is 0 Å². The van der Waals surface area contributed by atoms with Crippen LogP contribution in [0.5, 0.6) is 0 Å².